The number of rotatable bonds is 7. The van der Waals surface area contributed by atoms with E-state index in [2.05, 4.69) is 9.71 Å². The van der Waals surface area contributed by atoms with E-state index in [1.54, 1.807) is 44.7 Å². The molecule has 0 aliphatic rings. The van der Waals surface area contributed by atoms with Gasteiger partial charge < -0.3 is 9.47 Å². The molecule has 136 valence electrons. The van der Waals surface area contributed by atoms with Crippen LogP contribution in [0.4, 0.5) is 5.69 Å². The quantitative estimate of drug-likeness (QED) is 0.689. The normalized spacial score (nSPS) is 11.3. The monoisotopic (exact) mass is 372 g/mol. The third-order valence-corrected chi connectivity index (χ3v) is 5.28. The molecule has 0 bridgehead atoms. The van der Waals surface area contributed by atoms with Gasteiger partial charge in [0.2, 0.25) is 10.0 Å². The van der Waals surface area contributed by atoms with Gasteiger partial charge in [-0.2, -0.15) is 0 Å². The molecule has 0 unspecified atom stereocenters. The molecule has 0 saturated heterocycles. The van der Waals surface area contributed by atoms with Crippen molar-refractivity contribution in [1.29, 1.82) is 0 Å². The van der Waals surface area contributed by atoms with Gasteiger partial charge in [0.15, 0.2) is 11.5 Å². The van der Waals surface area contributed by atoms with E-state index in [1.165, 1.54) is 0 Å². The highest BCUT2D eigenvalue weighted by Crippen LogP contribution is 2.28. The summed E-state index contributed by atoms with van der Waals surface area (Å²) in [5.74, 6) is 1.14. The number of para-hydroxylation sites is 1. The first-order valence-corrected chi connectivity index (χ1v) is 9.73. The predicted molar refractivity (Wildman–Crippen MR) is 102 cm³/mol. The zero-order valence-electron chi connectivity index (χ0n) is 14.6. The molecule has 2 aromatic carbocycles. The average Bonchev–Trinajstić information content (AvgIpc) is 2.66. The maximum atomic E-state index is 12.5. The Morgan fingerprint density at radius 2 is 1.77 bits per heavy atom. The van der Waals surface area contributed by atoms with Crippen molar-refractivity contribution in [2.75, 3.05) is 24.7 Å². The van der Waals surface area contributed by atoms with Crippen molar-refractivity contribution in [2.24, 2.45) is 0 Å². The lowest BCUT2D eigenvalue weighted by atomic mass is 10.1. The maximum absolute atomic E-state index is 12.5. The van der Waals surface area contributed by atoms with Gasteiger partial charge in [-0.25, -0.2) is 8.42 Å². The fourth-order valence-electron chi connectivity index (χ4n) is 2.69. The van der Waals surface area contributed by atoms with Gasteiger partial charge in [-0.1, -0.05) is 24.3 Å². The number of ether oxygens (including phenoxy) is 2. The smallest absolute Gasteiger partial charge is 0.233 e. The van der Waals surface area contributed by atoms with E-state index in [9.17, 15) is 8.42 Å². The van der Waals surface area contributed by atoms with E-state index in [4.69, 9.17) is 9.47 Å². The van der Waals surface area contributed by atoms with Crippen molar-refractivity contribution in [1.82, 2.24) is 4.98 Å². The number of nitrogens with one attached hydrogen (secondary N) is 1. The molecular formula is C19H20N2O4S. The molecule has 0 amide bonds. The van der Waals surface area contributed by atoms with E-state index in [0.717, 1.165) is 10.9 Å². The van der Waals surface area contributed by atoms with E-state index in [1.807, 2.05) is 24.3 Å². The minimum absolute atomic E-state index is 0.0499. The Kier molecular flexibility index (Phi) is 5.27. The molecule has 26 heavy (non-hydrogen) atoms. The first kappa shape index (κ1) is 18.0. The number of hydrogen-bond donors (Lipinski definition) is 1. The molecule has 0 saturated carbocycles. The van der Waals surface area contributed by atoms with Crippen molar-refractivity contribution in [3.8, 4) is 11.5 Å². The van der Waals surface area contributed by atoms with Gasteiger partial charge in [0.25, 0.3) is 0 Å². The SMILES string of the molecule is COc1ccc(CCS(=O)(=O)Nc2cccc3cccnc23)cc1OC. The second kappa shape index (κ2) is 7.61. The van der Waals surface area contributed by atoms with Crippen LogP contribution in [0.15, 0.2) is 54.7 Å². The molecular weight excluding hydrogens is 352 g/mol. The molecule has 1 N–H and O–H groups in total. The van der Waals surface area contributed by atoms with Crippen LogP contribution in [0.1, 0.15) is 5.56 Å². The Balaban J connectivity index is 1.75. The molecule has 3 rings (SSSR count). The van der Waals surface area contributed by atoms with Crippen molar-refractivity contribution in [3.05, 3.63) is 60.3 Å². The number of benzene rings is 2. The molecule has 1 heterocycles. The zero-order chi connectivity index (χ0) is 18.6. The lowest BCUT2D eigenvalue weighted by Crippen LogP contribution is -2.18. The summed E-state index contributed by atoms with van der Waals surface area (Å²) in [5, 5.41) is 0.882. The summed E-state index contributed by atoms with van der Waals surface area (Å²) >= 11 is 0. The van der Waals surface area contributed by atoms with Gasteiger partial charge in [-0.3, -0.25) is 9.71 Å². The summed E-state index contributed by atoms with van der Waals surface area (Å²) in [5.41, 5.74) is 1.96. The number of hydrogen-bond acceptors (Lipinski definition) is 5. The predicted octanol–water partition coefficient (Wildman–Crippen LogP) is 3.24. The van der Waals surface area contributed by atoms with E-state index in [0.29, 0.717) is 29.1 Å². The fraction of sp³-hybridized carbons (Fsp3) is 0.211. The molecule has 0 fully saturated rings. The summed E-state index contributed by atoms with van der Waals surface area (Å²) in [6.45, 7) is 0. The van der Waals surface area contributed by atoms with Crippen molar-refractivity contribution in [2.45, 2.75) is 6.42 Å². The van der Waals surface area contributed by atoms with Crippen LogP contribution in [0.25, 0.3) is 10.9 Å². The first-order chi connectivity index (χ1) is 12.5. The second-order valence-electron chi connectivity index (χ2n) is 5.74. The standard InChI is InChI=1S/C19H20N2O4S/c1-24-17-9-8-14(13-18(17)25-2)10-12-26(22,23)21-16-7-3-5-15-6-4-11-20-19(15)16/h3-9,11,13,21H,10,12H2,1-2H3. The van der Waals surface area contributed by atoms with Gasteiger partial charge in [0.05, 0.1) is 31.2 Å². The topological polar surface area (TPSA) is 77.5 Å². The lowest BCUT2D eigenvalue weighted by Gasteiger charge is -2.11. The lowest BCUT2D eigenvalue weighted by molar-refractivity contribution is 0.354. The van der Waals surface area contributed by atoms with Gasteiger partial charge in [0, 0.05) is 11.6 Å². The minimum Gasteiger partial charge on any atom is -0.493 e. The summed E-state index contributed by atoms with van der Waals surface area (Å²) in [4.78, 5) is 4.27. The Morgan fingerprint density at radius 3 is 2.54 bits per heavy atom. The van der Waals surface area contributed by atoms with Crippen LogP contribution in [-0.4, -0.2) is 33.4 Å². The van der Waals surface area contributed by atoms with Crippen LogP contribution in [0.3, 0.4) is 0 Å². The number of anilines is 1. The molecule has 0 radical (unpaired) electrons. The number of aryl methyl sites for hydroxylation is 1. The first-order valence-electron chi connectivity index (χ1n) is 8.07. The van der Waals surface area contributed by atoms with Crippen molar-refractivity contribution in [3.63, 3.8) is 0 Å². The molecule has 6 nitrogen and oxygen atoms in total. The van der Waals surface area contributed by atoms with Crippen molar-refractivity contribution >= 4 is 26.6 Å². The van der Waals surface area contributed by atoms with Crippen molar-refractivity contribution < 1.29 is 17.9 Å². The highest BCUT2D eigenvalue weighted by Gasteiger charge is 2.14. The van der Waals surface area contributed by atoms with Crippen LogP contribution in [0, 0.1) is 0 Å². The summed E-state index contributed by atoms with van der Waals surface area (Å²) in [6.07, 6.45) is 2.00. The molecule has 0 atom stereocenters. The number of sulfonamides is 1. The largest absolute Gasteiger partial charge is 0.493 e. The maximum Gasteiger partial charge on any atom is 0.233 e. The molecule has 7 heteroatoms. The number of fused-ring (bicyclic) bond motifs is 1. The van der Waals surface area contributed by atoms with E-state index >= 15 is 0 Å². The second-order valence-corrected chi connectivity index (χ2v) is 7.58. The van der Waals surface area contributed by atoms with Gasteiger partial charge in [-0.15, -0.1) is 0 Å². The average molecular weight is 372 g/mol. The van der Waals surface area contributed by atoms with Crippen LogP contribution < -0.4 is 14.2 Å². The molecule has 0 aliphatic carbocycles. The highest BCUT2D eigenvalue weighted by atomic mass is 32.2. The third-order valence-electron chi connectivity index (χ3n) is 4.01. The summed E-state index contributed by atoms with van der Waals surface area (Å²) in [6, 6.07) is 14.5. The summed E-state index contributed by atoms with van der Waals surface area (Å²) in [7, 11) is -0.413. The third kappa shape index (κ3) is 4.05. The Hall–Kier alpha value is -2.80. The Labute approximate surface area is 152 Å². The van der Waals surface area contributed by atoms with Crippen LogP contribution in [0.2, 0.25) is 0 Å². The molecule has 0 spiro atoms. The fourth-order valence-corrected chi connectivity index (χ4v) is 3.80. The Morgan fingerprint density at radius 1 is 1.00 bits per heavy atom. The van der Waals surface area contributed by atoms with E-state index in [-0.39, 0.29) is 5.75 Å². The number of methoxy groups -OCH3 is 2. The number of nitrogens with zero attached hydrogens (tertiary/aromatic N) is 1. The van der Waals surface area contributed by atoms with Gasteiger partial charge >= 0.3 is 0 Å². The Bertz CT molecular complexity index is 1010. The summed E-state index contributed by atoms with van der Waals surface area (Å²) < 4.78 is 38.1. The molecule has 1 aromatic heterocycles. The minimum atomic E-state index is -3.52. The van der Waals surface area contributed by atoms with E-state index < -0.39 is 10.0 Å². The molecule has 0 aliphatic heterocycles. The van der Waals surface area contributed by atoms with Crippen LogP contribution in [0.5, 0.6) is 11.5 Å². The van der Waals surface area contributed by atoms with Gasteiger partial charge in [-0.05, 0) is 36.2 Å². The number of aromatic nitrogens is 1. The zero-order valence-corrected chi connectivity index (χ0v) is 15.4. The van der Waals surface area contributed by atoms with Gasteiger partial charge in [0.1, 0.15) is 0 Å². The van der Waals surface area contributed by atoms with Crippen LogP contribution >= 0.6 is 0 Å². The molecule has 3 aromatic rings. The van der Waals surface area contributed by atoms with Crippen LogP contribution in [-0.2, 0) is 16.4 Å². The number of pyridine rings is 1. The highest BCUT2D eigenvalue weighted by molar-refractivity contribution is 7.92.